The number of fused-ring (bicyclic) bond motifs is 1. The van der Waals surface area contributed by atoms with Crippen molar-refractivity contribution in [1.82, 2.24) is 0 Å². The number of aliphatic hydroxyl groups excluding tert-OH is 2. The smallest absolute Gasteiger partial charge is 0.316 e. The summed E-state index contributed by atoms with van der Waals surface area (Å²) in [5.41, 5.74) is -1.43. The SMILES string of the molecule is C=C1C2CCC3C(C2)(C(=O)OC2CC(O)C(C)(C)C4C(O)OCC243)C1OC(C)=O. The number of rotatable bonds is 1. The molecule has 7 heteroatoms. The molecule has 2 spiro atoms. The van der Waals surface area contributed by atoms with Crippen molar-refractivity contribution >= 4 is 11.9 Å². The third-order valence-corrected chi connectivity index (χ3v) is 8.97. The molecule has 3 saturated carbocycles. The predicted molar refractivity (Wildman–Crippen MR) is 100 cm³/mol. The minimum atomic E-state index is -1.04. The van der Waals surface area contributed by atoms with Gasteiger partial charge in [0.1, 0.15) is 17.6 Å². The molecule has 0 radical (unpaired) electrons. The van der Waals surface area contributed by atoms with Gasteiger partial charge < -0.3 is 24.4 Å². The summed E-state index contributed by atoms with van der Waals surface area (Å²) < 4.78 is 17.5. The van der Waals surface area contributed by atoms with E-state index in [4.69, 9.17) is 14.2 Å². The first-order valence-corrected chi connectivity index (χ1v) is 10.6. The van der Waals surface area contributed by atoms with Gasteiger partial charge in [-0.25, -0.2) is 0 Å². The lowest BCUT2D eigenvalue weighted by Gasteiger charge is -2.63. The molecule has 0 aromatic carbocycles. The van der Waals surface area contributed by atoms with Crippen LogP contribution in [0.5, 0.6) is 0 Å². The molecule has 7 nitrogen and oxygen atoms in total. The highest BCUT2D eigenvalue weighted by molar-refractivity contribution is 5.82. The topological polar surface area (TPSA) is 102 Å². The largest absolute Gasteiger partial charge is 0.461 e. The van der Waals surface area contributed by atoms with Gasteiger partial charge in [-0.2, -0.15) is 0 Å². The Balaban J connectivity index is 1.69. The normalized spacial score (nSPS) is 52.2. The van der Waals surface area contributed by atoms with Gasteiger partial charge >= 0.3 is 11.9 Å². The molecule has 2 heterocycles. The van der Waals surface area contributed by atoms with Crippen molar-refractivity contribution in [1.29, 1.82) is 0 Å². The van der Waals surface area contributed by atoms with E-state index in [0.29, 0.717) is 12.8 Å². The lowest BCUT2D eigenvalue weighted by Crippen LogP contribution is -2.71. The molecular weight excluding hydrogens is 376 g/mol. The van der Waals surface area contributed by atoms with Gasteiger partial charge in [-0.1, -0.05) is 20.4 Å². The van der Waals surface area contributed by atoms with Crippen LogP contribution < -0.4 is 0 Å². The summed E-state index contributed by atoms with van der Waals surface area (Å²) in [6.45, 7) is 9.70. The standard InChI is InChI=1S/C22H30O7/c1-10-12-5-6-13-21(8-12,17(10)28-11(2)23)19(26)29-15-7-14(24)20(3,4)16-18(25)27-9-22(13,15)16/h12-18,24-25H,1,5-9H2,2-4H3. The van der Waals surface area contributed by atoms with E-state index in [1.807, 2.05) is 13.8 Å². The van der Waals surface area contributed by atoms with Crippen LogP contribution in [0, 0.1) is 34.0 Å². The highest BCUT2D eigenvalue weighted by atomic mass is 16.6. The summed E-state index contributed by atoms with van der Waals surface area (Å²) in [6, 6.07) is 0. The minimum Gasteiger partial charge on any atom is -0.461 e. The second kappa shape index (κ2) is 5.83. The van der Waals surface area contributed by atoms with Gasteiger partial charge in [-0.05, 0) is 42.1 Å². The molecule has 9 unspecified atom stereocenters. The van der Waals surface area contributed by atoms with E-state index < -0.39 is 46.8 Å². The van der Waals surface area contributed by atoms with E-state index in [2.05, 4.69) is 6.58 Å². The van der Waals surface area contributed by atoms with Crippen molar-refractivity contribution in [3.05, 3.63) is 12.2 Å². The second-order valence-corrected chi connectivity index (χ2v) is 10.4. The molecule has 2 bridgehead atoms. The van der Waals surface area contributed by atoms with Gasteiger partial charge in [0.2, 0.25) is 0 Å². The number of carbonyl (C=O) groups is 2. The van der Waals surface area contributed by atoms with Gasteiger partial charge in [0.05, 0.1) is 12.7 Å². The van der Waals surface area contributed by atoms with Crippen LogP contribution >= 0.6 is 0 Å². The van der Waals surface area contributed by atoms with E-state index in [1.54, 1.807) is 0 Å². The third-order valence-electron chi connectivity index (χ3n) is 8.97. The summed E-state index contributed by atoms with van der Waals surface area (Å²) in [5.74, 6) is -1.25. The average Bonchev–Trinajstić information content (AvgIpc) is 3.09. The first-order valence-electron chi connectivity index (χ1n) is 10.6. The van der Waals surface area contributed by atoms with Gasteiger partial charge in [-0.3, -0.25) is 9.59 Å². The van der Waals surface area contributed by atoms with E-state index in [9.17, 15) is 19.8 Å². The zero-order valence-corrected chi connectivity index (χ0v) is 17.2. The maximum absolute atomic E-state index is 13.5. The van der Waals surface area contributed by atoms with Crippen LogP contribution in [-0.4, -0.2) is 53.4 Å². The molecule has 0 aromatic rings. The van der Waals surface area contributed by atoms with E-state index in [-0.39, 0.29) is 30.3 Å². The molecule has 5 rings (SSSR count). The Morgan fingerprint density at radius 3 is 2.69 bits per heavy atom. The molecule has 9 atom stereocenters. The van der Waals surface area contributed by atoms with Crippen molar-refractivity contribution in [2.75, 3.05) is 6.61 Å². The fourth-order valence-corrected chi connectivity index (χ4v) is 7.76. The van der Waals surface area contributed by atoms with Crippen molar-refractivity contribution in [2.45, 2.75) is 71.1 Å². The van der Waals surface area contributed by atoms with Gasteiger partial charge in [0.15, 0.2) is 6.29 Å². The minimum absolute atomic E-state index is 0.115. The molecule has 0 aromatic heterocycles. The highest BCUT2D eigenvalue weighted by Gasteiger charge is 2.78. The van der Waals surface area contributed by atoms with Crippen LogP contribution in [0.15, 0.2) is 12.2 Å². The first kappa shape index (κ1) is 19.5. The Morgan fingerprint density at radius 1 is 1.28 bits per heavy atom. The van der Waals surface area contributed by atoms with Gasteiger partial charge in [0.25, 0.3) is 0 Å². The van der Waals surface area contributed by atoms with Crippen LogP contribution in [-0.2, 0) is 23.8 Å². The highest BCUT2D eigenvalue weighted by Crippen LogP contribution is 2.72. The summed E-state index contributed by atoms with van der Waals surface area (Å²) in [5, 5.41) is 21.6. The van der Waals surface area contributed by atoms with Gasteiger partial charge in [0, 0.05) is 24.7 Å². The number of esters is 2. The van der Waals surface area contributed by atoms with Crippen LogP contribution in [0.2, 0.25) is 0 Å². The van der Waals surface area contributed by atoms with Gasteiger partial charge in [-0.15, -0.1) is 0 Å². The first-order chi connectivity index (χ1) is 13.6. The number of aliphatic hydroxyl groups is 2. The molecule has 2 aliphatic heterocycles. The quantitative estimate of drug-likeness (QED) is 0.503. The molecular formula is C22H30O7. The number of ether oxygens (including phenoxy) is 3. The molecule has 160 valence electrons. The van der Waals surface area contributed by atoms with Crippen LogP contribution in [0.4, 0.5) is 0 Å². The zero-order valence-electron chi connectivity index (χ0n) is 17.2. The fourth-order valence-electron chi connectivity index (χ4n) is 7.76. The molecule has 5 fully saturated rings. The second-order valence-electron chi connectivity index (χ2n) is 10.4. The van der Waals surface area contributed by atoms with E-state index >= 15 is 0 Å². The summed E-state index contributed by atoms with van der Waals surface area (Å²) in [4.78, 5) is 25.4. The van der Waals surface area contributed by atoms with Crippen molar-refractivity contribution < 1.29 is 34.0 Å². The molecule has 5 aliphatic rings. The Kier molecular flexibility index (Phi) is 3.92. The monoisotopic (exact) mass is 406 g/mol. The summed E-state index contributed by atoms with van der Waals surface area (Å²) in [7, 11) is 0. The predicted octanol–water partition coefficient (Wildman–Crippen LogP) is 1.56. The fraction of sp³-hybridized carbons (Fsp3) is 0.818. The molecule has 3 aliphatic carbocycles. The molecule has 0 amide bonds. The number of carbonyl (C=O) groups excluding carboxylic acids is 2. The molecule has 2 N–H and O–H groups in total. The van der Waals surface area contributed by atoms with Crippen molar-refractivity contribution in [3.63, 3.8) is 0 Å². The van der Waals surface area contributed by atoms with E-state index in [0.717, 1.165) is 18.4 Å². The number of hydrogen-bond acceptors (Lipinski definition) is 7. The lowest BCUT2D eigenvalue weighted by molar-refractivity contribution is -0.265. The molecule has 2 saturated heterocycles. The van der Waals surface area contributed by atoms with Crippen LogP contribution in [0.1, 0.15) is 46.5 Å². The third kappa shape index (κ3) is 2.14. The Morgan fingerprint density at radius 2 is 2.00 bits per heavy atom. The zero-order chi connectivity index (χ0) is 20.9. The Labute approximate surface area is 170 Å². The maximum atomic E-state index is 13.5. The summed E-state index contributed by atoms with van der Waals surface area (Å²) in [6.07, 6.45) is -0.516. The molecule has 29 heavy (non-hydrogen) atoms. The average molecular weight is 406 g/mol. The van der Waals surface area contributed by atoms with Crippen LogP contribution in [0.25, 0.3) is 0 Å². The summed E-state index contributed by atoms with van der Waals surface area (Å²) >= 11 is 0. The van der Waals surface area contributed by atoms with Crippen molar-refractivity contribution in [3.8, 4) is 0 Å². The van der Waals surface area contributed by atoms with Crippen molar-refractivity contribution in [2.24, 2.45) is 34.0 Å². The van der Waals surface area contributed by atoms with E-state index in [1.165, 1.54) is 6.92 Å². The Hall–Kier alpha value is -1.44. The van der Waals surface area contributed by atoms with Crippen LogP contribution in [0.3, 0.4) is 0 Å². The maximum Gasteiger partial charge on any atom is 0.316 e. The lowest BCUT2D eigenvalue weighted by atomic mass is 9.43. The Bertz CT molecular complexity index is 790. The number of hydrogen-bond donors (Lipinski definition) is 2.